The van der Waals surface area contributed by atoms with Crippen molar-refractivity contribution in [3.05, 3.63) is 48.0 Å². The molecule has 27 heavy (non-hydrogen) atoms. The van der Waals surface area contributed by atoms with Gasteiger partial charge in [0.05, 0.1) is 31.4 Å². The molecule has 0 aliphatic rings. The third kappa shape index (κ3) is 4.51. The van der Waals surface area contributed by atoms with Crippen LogP contribution in [0.15, 0.2) is 47.4 Å². The summed E-state index contributed by atoms with van der Waals surface area (Å²) < 4.78 is 43.0. The van der Waals surface area contributed by atoms with E-state index in [1.807, 2.05) is 0 Å². The number of sulfonamides is 1. The molecule has 0 unspecified atom stereocenters. The zero-order valence-electron chi connectivity index (χ0n) is 15.8. The molecule has 0 bridgehead atoms. The lowest BCUT2D eigenvalue weighted by atomic mass is 10.2. The highest BCUT2D eigenvalue weighted by molar-refractivity contribution is 7.92. The fourth-order valence-corrected chi connectivity index (χ4v) is 4.10. The highest BCUT2D eigenvalue weighted by Crippen LogP contribution is 2.33. The van der Waals surface area contributed by atoms with E-state index in [0.717, 1.165) is 4.31 Å². The summed E-state index contributed by atoms with van der Waals surface area (Å²) in [6, 6.07) is 11.1. The molecule has 2 rings (SSSR count). The molecule has 0 atom stereocenters. The van der Waals surface area contributed by atoms with Crippen molar-refractivity contribution < 1.29 is 27.4 Å². The maximum Gasteiger partial charge on any atom is 0.326 e. The van der Waals surface area contributed by atoms with Crippen molar-refractivity contribution in [1.82, 2.24) is 0 Å². The Morgan fingerprint density at radius 3 is 2.30 bits per heavy atom. The molecule has 2 aromatic rings. The van der Waals surface area contributed by atoms with Gasteiger partial charge in [0, 0.05) is 0 Å². The second kappa shape index (κ2) is 8.77. The number of methoxy groups -OCH3 is 2. The van der Waals surface area contributed by atoms with Crippen molar-refractivity contribution in [2.45, 2.75) is 18.7 Å². The monoisotopic (exact) mass is 393 g/mol. The lowest BCUT2D eigenvalue weighted by Gasteiger charge is -2.25. The van der Waals surface area contributed by atoms with Crippen LogP contribution in [0.2, 0.25) is 0 Å². The summed E-state index contributed by atoms with van der Waals surface area (Å²) in [5.41, 5.74) is 0.913. The third-order valence-electron chi connectivity index (χ3n) is 3.89. The van der Waals surface area contributed by atoms with Crippen LogP contribution < -0.4 is 13.8 Å². The molecule has 0 radical (unpaired) electrons. The molecule has 0 saturated heterocycles. The summed E-state index contributed by atoms with van der Waals surface area (Å²) in [5, 5.41) is 0. The Hall–Kier alpha value is -2.74. The average Bonchev–Trinajstić information content (AvgIpc) is 2.66. The van der Waals surface area contributed by atoms with E-state index in [-0.39, 0.29) is 17.2 Å². The van der Waals surface area contributed by atoms with Gasteiger partial charge in [-0.1, -0.05) is 12.1 Å². The molecule has 0 aliphatic heterocycles. The van der Waals surface area contributed by atoms with Crippen molar-refractivity contribution in [3.8, 4) is 11.5 Å². The van der Waals surface area contributed by atoms with Gasteiger partial charge in [-0.2, -0.15) is 0 Å². The van der Waals surface area contributed by atoms with Crippen LogP contribution in [0, 0.1) is 6.92 Å². The molecule has 0 amide bonds. The number of anilines is 1. The van der Waals surface area contributed by atoms with E-state index in [2.05, 4.69) is 0 Å². The Balaban J connectivity index is 2.57. The van der Waals surface area contributed by atoms with E-state index in [0.29, 0.717) is 17.1 Å². The maximum absolute atomic E-state index is 13.3. The largest absolute Gasteiger partial charge is 0.496 e. The second-order valence-electron chi connectivity index (χ2n) is 5.62. The molecule has 0 heterocycles. The number of nitrogens with zero attached hydrogens (tertiary/aromatic N) is 1. The van der Waals surface area contributed by atoms with Crippen LogP contribution in [0.5, 0.6) is 11.5 Å². The second-order valence-corrected chi connectivity index (χ2v) is 7.48. The molecular formula is C19H23NO6S. The topological polar surface area (TPSA) is 82.1 Å². The van der Waals surface area contributed by atoms with Gasteiger partial charge in [-0.25, -0.2) is 8.42 Å². The Morgan fingerprint density at radius 1 is 1.04 bits per heavy atom. The lowest BCUT2D eigenvalue weighted by Crippen LogP contribution is -2.37. The van der Waals surface area contributed by atoms with Gasteiger partial charge in [0.25, 0.3) is 10.0 Å². The minimum absolute atomic E-state index is 0.0380. The Labute approximate surface area is 159 Å². The van der Waals surface area contributed by atoms with Crippen LogP contribution in [-0.4, -0.2) is 41.8 Å². The number of benzene rings is 2. The minimum Gasteiger partial charge on any atom is -0.496 e. The number of rotatable bonds is 8. The highest BCUT2D eigenvalue weighted by Gasteiger charge is 2.30. The Bertz CT molecular complexity index is 910. The zero-order chi connectivity index (χ0) is 20.0. The summed E-state index contributed by atoms with van der Waals surface area (Å²) >= 11 is 0. The first kappa shape index (κ1) is 20.6. The fraction of sp³-hybridized carbons (Fsp3) is 0.316. The number of carbonyl (C=O) groups excluding carboxylic acids is 1. The standard InChI is InChI=1S/C19H23NO6S/c1-5-26-19(21)13-20(16-8-6-7-9-18(16)25-4)27(22,23)15-10-11-17(24-3)14(2)12-15/h6-12H,5,13H2,1-4H3. The Kier molecular flexibility index (Phi) is 6.68. The summed E-state index contributed by atoms with van der Waals surface area (Å²) in [7, 11) is -1.10. The van der Waals surface area contributed by atoms with Crippen molar-refractivity contribution in [2.24, 2.45) is 0 Å². The number of aryl methyl sites for hydroxylation is 1. The highest BCUT2D eigenvalue weighted by atomic mass is 32.2. The van der Waals surface area contributed by atoms with Gasteiger partial charge in [-0.3, -0.25) is 9.10 Å². The van der Waals surface area contributed by atoms with Crippen LogP contribution >= 0.6 is 0 Å². The minimum atomic E-state index is -4.05. The van der Waals surface area contributed by atoms with Crippen LogP contribution in [-0.2, 0) is 19.6 Å². The van der Waals surface area contributed by atoms with Crippen molar-refractivity contribution in [1.29, 1.82) is 0 Å². The average molecular weight is 393 g/mol. The molecular weight excluding hydrogens is 370 g/mol. The summed E-state index contributed by atoms with van der Waals surface area (Å²) in [6.07, 6.45) is 0. The van der Waals surface area contributed by atoms with Gasteiger partial charge in [0.15, 0.2) is 0 Å². The summed E-state index contributed by atoms with van der Waals surface area (Å²) in [5.74, 6) is 0.246. The molecule has 0 spiro atoms. The molecule has 0 N–H and O–H groups in total. The molecule has 0 aliphatic carbocycles. The fourth-order valence-electron chi connectivity index (χ4n) is 2.60. The van der Waals surface area contributed by atoms with Gasteiger partial charge < -0.3 is 14.2 Å². The smallest absolute Gasteiger partial charge is 0.326 e. The zero-order valence-corrected chi connectivity index (χ0v) is 16.6. The van der Waals surface area contributed by atoms with Crippen LogP contribution in [0.1, 0.15) is 12.5 Å². The predicted octanol–water partition coefficient (Wildman–Crippen LogP) is 2.77. The number of esters is 1. The van der Waals surface area contributed by atoms with Gasteiger partial charge in [0.1, 0.15) is 18.0 Å². The number of hydrogen-bond donors (Lipinski definition) is 0. The van der Waals surface area contributed by atoms with Crippen LogP contribution in [0.4, 0.5) is 5.69 Å². The quantitative estimate of drug-likeness (QED) is 0.642. The first-order valence-electron chi connectivity index (χ1n) is 8.31. The van der Waals surface area contributed by atoms with Gasteiger partial charge in [-0.05, 0) is 49.7 Å². The van der Waals surface area contributed by atoms with Crippen molar-refractivity contribution in [3.63, 3.8) is 0 Å². The van der Waals surface area contributed by atoms with E-state index in [1.54, 1.807) is 44.2 Å². The molecule has 0 fully saturated rings. The summed E-state index contributed by atoms with van der Waals surface area (Å²) in [6.45, 7) is 3.09. The number of ether oxygens (including phenoxy) is 3. The van der Waals surface area contributed by atoms with E-state index < -0.39 is 22.5 Å². The van der Waals surface area contributed by atoms with Gasteiger partial charge >= 0.3 is 5.97 Å². The van der Waals surface area contributed by atoms with Gasteiger partial charge in [-0.15, -0.1) is 0 Å². The lowest BCUT2D eigenvalue weighted by molar-refractivity contribution is -0.141. The number of hydrogen-bond acceptors (Lipinski definition) is 6. The number of carbonyl (C=O) groups is 1. The first-order chi connectivity index (χ1) is 12.8. The Morgan fingerprint density at radius 2 is 1.70 bits per heavy atom. The SMILES string of the molecule is CCOC(=O)CN(c1ccccc1OC)S(=O)(=O)c1ccc(OC)c(C)c1. The molecule has 0 saturated carbocycles. The van der Waals surface area contributed by atoms with Crippen molar-refractivity contribution >= 4 is 21.7 Å². The van der Waals surface area contributed by atoms with E-state index >= 15 is 0 Å². The molecule has 146 valence electrons. The van der Waals surface area contributed by atoms with E-state index in [1.165, 1.54) is 26.4 Å². The van der Waals surface area contributed by atoms with E-state index in [9.17, 15) is 13.2 Å². The van der Waals surface area contributed by atoms with Crippen LogP contribution in [0.25, 0.3) is 0 Å². The van der Waals surface area contributed by atoms with Crippen LogP contribution in [0.3, 0.4) is 0 Å². The molecule has 7 nitrogen and oxygen atoms in total. The molecule has 0 aromatic heterocycles. The predicted molar refractivity (Wildman–Crippen MR) is 102 cm³/mol. The maximum atomic E-state index is 13.3. The third-order valence-corrected chi connectivity index (χ3v) is 5.64. The molecule has 8 heteroatoms. The summed E-state index contributed by atoms with van der Waals surface area (Å²) in [4.78, 5) is 12.1. The van der Waals surface area contributed by atoms with Gasteiger partial charge in [0.2, 0.25) is 0 Å². The van der Waals surface area contributed by atoms with E-state index in [4.69, 9.17) is 14.2 Å². The first-order valence-corrected chi connectivity index (χ1v) is 9.75. The normalized spacial score (nSPS) is 11.0. The molecule has 2 aromatic carbocycles. The number of para-hydroxylation sites is 2. The van der Waals surface area contributed by atoms with Crippen molar-refractivity contribution in [2.75, 3.05) is 31.7 Å².